The number of aromatic nitrogens is 2. The molecule has 0 aliphatic heterocycles. The van der Waals surface area contributed by atoms with Crippen LogP contribution in [0.3, 0.4) is 0 Å². The van der Waals surface area contributed by atoms with E-state index in [0.29, 0.717) is 30.2 Å². The lowest BCUT2D eigenvalue weighted by atomic mass is 10.1. The normalized spacial score (nSPS) is 10.5. The molecule has 138 valence electrons. The number of carbonyl (C=O) groups excluding carboxylic acids is 1. The minimum Gasteiger partial charge on any atom is -0.350 e. The summed E-state index contributed by atoms with van der Waals surface area (Å²) >= 11 is 0. The third-order valence-electron chi connectivity index (χ3n) is 4.18. The lowest BCUT2D eigenvalue weighted by Crippen LogP contribution is -2.27. The van der Waals surface area contributed by atoms with Gasteiger partial charge in [0.2, 0.25) is 0 Å². The van der Waals surface area contributed by atoms with E-state index in [2.05, 4.69) is 15.3 Å². The van der Waals surface area contributed by atoms with Crippen LogP contribution in [0.1, 0.15) is 21.9 Å². The van der Waals surface area contributed by atoms with E-state index in [1.165, 1.54) is 6.07 Å². The second kappa shape index (κ2) is 8.40. The highest BCUT2D eigenvalue weighted by Crippen LogP contribution is 2.21. The Bertz CT molecular complexity index is 930. The molecule has 0 bridgehead atoms. The maximum atomic E-state index is 13.7. The number of nitrogens with zero attached hydrogens (tertiary/aromatic N) is 3. The summed E-state index contributed by atoms with van der Waals surface area (Å²) in [4.78, 5) is 23.0. The molecule has 1 heterocycles. The molecule has 3 rings (SSSR count). The molecular formula is C21H21FN4O. The molecule has 1 aromatic heterocycles. The van der Waals surface area contributed by atoms with E-state index in [4.69, 9.17) is 0 Å². The molecule has 6 heteroatoms. The fourth-order valence-electron chi connectivity index (χ4n) is 2.73. The SMILES string of the molecule is Cc1nc(C(=O)NCCc2ccccc2F)cc(N(C)c2ccccc2)n1. The largest absolute Gasteiger partial charge is 0.350 e. The summed E-state index contributed by atoms with van der Waals surface area (Å²) in [7, 11) is 1.89. The molecule has 27 heavy (non-hydrogen) atoms. The number of hydrogen-bond acceptors (Lipinski definition) is 4. The van der Waals surface area contributed by atoms with Crippen molar-refractivity contribution < 1.29 is 9.18 Å². The second-order valence-corrected chi connectivity index (χ2v) is 6.15. The zero-order chi connectivity index (χ0) is 19.2. The molecular weight excluding hydrogens is 343 g/mol. The van der Waals surface area contributed by atoms with Crippen molar-refractivity contribution in [2.75, 3.05) is 18.5 Å². The average Bonchev–Trinajstić information content (AvgIpc) is 2.69. The molecule has 5 nitrogen and oxygen atoms in total. The van der Waals surface area contributed by atoms with E-state index in [-0.39, 0.29) is 17.4 Å². The molecule has 0 atom stereocenters. The van der Waals surface area contributed by atoms with Gasteiger partial charge in [-0.05, 0) is 37.1 Å². The standard InChI is InChI=1S/C21H21FN4O/c1-15-24-19(14-20(25-15)26(2)17-9-4-3-5-10-17)21(27)23-13-12-16-8-6-7-11-18(16)22/h3-11,14H,12-13H2,1-2H3,(H,23,27). The zero-order valence-electron chi connectivity index (χ0n) is 15.3. The first-order valence-electron chi connectivity index (χ1n) is 8.70. The van der Waals surface area contributed by atoms with Crippen LogP contribution in [0.15, 0.2) is 60.7 Å². The molecule has 0 aliphatic carbocycles. The predicted molar refractivity (Wildman–Crippen MR) is 104 cm³/mol. The Hall–Kier alpha value is -3.28. The van der Waals surface area contributed by atoms with Crippen LogP contribution in [0.2, 0.25) is 0 Å². The number of amides is 1. The van der Waals surface area contributed by atoms with Crippen molar-refractivity contribution in [3.63, 3.8) is 0 Å². The molecule has 0 saturated carbocycles. The third-order valence-corrected chi connectivity index (χ3v) is 4.18. The molecule has 0 unspecified atom stereocenters. The first-order valence-corrected chi connectivity index (χ1v) is 8.70. The Morgan fingerprint density at radius 2 is 1.78 bits per heavy atom. The first-order chi connectivity index (χ1) is 13.0. The molecule has 0 radical (unpaired) electrons. The topological polar surface area (TPSA) is 58.1 Å². The van der Waals surface area contributed by atoms with Crippen molar-refractivity contribution in [2.24, 2.45) is 0 Å². The van der Waals surface area contributed by atoms with Crippen molar-refractivity contribution >= 4 is 17.4 Å². The smallest absolute Gasteiger partial charge is 0.270 e. The van der Waals surface area contributed by atoms with E-state index in [0.717, 1.165) is 5.69 Å². The molecule has 2 aromatic carbocycles. The lowest BCUT2D eigenvalue weighted by molar-refractivity contribution is 0.0948. The van der Waals surface area contributed by atoms with E-state index in [1.807, 2.05) is 42.3 Å². The van der Waals surface area contributed by atoms with E-state index in [1.54, 1.807) is 31.2 Å². The molecule has 1 N–H and O–H groups in total. The van der Waals surface area contributed by atoms with Gasteiger partial charge in [-0.3, -0.25) is 4.79 Å². The fourth-order valence-corrected chi connectivity index (χ4v) is 2.73. The number of benzene rings is 2. The lowest BCUT2D eigenvalue weighted by Gasteiger charge is -2.19. The van der Waals surface area contributed by atoms with Gasteiger partial charge in [0, 0.05) is 25.3 Å². The Balaban J connectivity index is 1.70. The van der Waals surface area contributed by atoms with Gasteiger partial charge < -0.3 is 10.2 Å². The van der Waals surface area contributed by atoms with Crippen molar-refractivity contribution in [1.29, 1.82) is 0 Å². The number of carbonyl (C=O) groups is 1. The first kappa shape index (κ1) is 18.5. The van der Waals surface area contributed by atoms with Gasteiger partial charge in [-0.25, -0.2) is 14.4 Å². The van der Waals surface area contributed by atoms with Crippen molar-refractivity contribution in [1.82, 2.24) is 15.3 Å². The Morgan fingerprint density at radius 1 is 1.07 bits per heavy atom. The zero-order valence-corrected chi connectivity index (χ0v) is 15.3. The minimum absolute atomic E-state index is 0.267. The average molecular weight is 364 g/mol. The van der Waals surface area contributed by atoms with Crippen molar-refractivity contribution in [3.8, 4) is 0 Å². The van der Waals surface area contributed by atoms with E-state index in [9.17, 15) is 9.18 Å². The van der Waals surface area contributed by atoms with Gasteiger partial charge >= 0.3 is 0 Å². The Kier molecular flexibility index (Phi) is 5.76. The minimum atomic E-state index is -0.306. The number of para-hydroxylation sites is 1. The second-order valence-electron chi connectivity index (χ2n) is 6.15. The number of nitrogens with one attached hydrogen (secondary N) is 1. The van der Waals surface area contributed by atoms with Crippen LogP contribution >= 0.6 is 0 Å². The number of aryl methyl sites for hydroxylation is 1. The number of anilines is 2. The molecule has 0 fully saturated rings. The van der Waals surface area contributed by atoms with Crippen LogP contribution < -0.4 is 10.2 Å². The summed E-state index contributed by atoms with van der Waals surface area (Å²) in [6, 6.07) is 17.9. The van der Waals surface area contributed by atoms with Crippen LogP contribution in [0.4, 0.5) is 15.9 Å². The molecule has 0 aliphatic rings. The summed E-state index contributed by atoms with van der Waals surface area (Å²) in [5.41, 5.74) is 1.82. The number of hydrogen-bond donors (Lipinski definition) is 1. The maximum absolute atomic E-state index is 13.7. The number of rotatable bonds is 6. The van der Waals surface area contributed by atoms with Crippen LogP contribution in [0.25, 0.3) is 0 Å². The van der Waals surface area contributed by atoms with Crippen molar-refractivity contribution in [2.45, 2.75) is 13.3 Å². The molecule has 0 saturated heterocycles. The molecule has 0 spiro atoms. The van der Waals surface area contributed by atoms with Gasteiger partial charge in [-0.15, -0.1) is 0 Å². The summed E-state index contributed by atoms with van der Waals surface area (Å²) in [5, 5.41) is 2.79. The van der Waals surface area contributed by atoms with Gasteiger partial charge in [0.05, 0.1) is 0 Å². The van der Waals surface area contributed by atoms with Crippen LogP contribution in [0, 0.1) is 12.7 Å². The summed E-state index contributed by atoms with van der Waals surface area (Å²) in [6.45, 7) is 2.07. The quantitative estimate of drug-likeness (QED) is 0.725. The Labute approximate surface area is 157 Å². The predicted octanol–water partition coefficient (Wildman–Crippen LogP) is 3.66. The van der Waals surface area contributed by atoms with E-state index >= 15 is 0 Å². The molecule has 1 amide bonds. The van der Waals surface area contributed by atoms with Gasteiger partial charge in [-0.2, -0.15) is 0 Å². The Morgan fingerprint density at radius 3 is 2.52 bits per heavy atom. The highest BCUT2D eigenvalue weighted by molar-refractivity contribution is 5.93. The van der Waals surface area contributed by atoms with Gasteiger partial charge in [0.1, 0.15) is 23.2 Å². The van der Waals surface area contributed by atoms with Crippen LogP contribution in [-0.4, -0.2) is 29.5 Å². The fraction of sp³-hybridized carbons (Fsp3) is 0.190. The van der Waals surface area contributed by atoms with Crippen LogP contribution in [-0.2, 0) is 6.42 Å². The van der Waals surface area contributed by atoms with Crippen LogP contribution in [0.5, 0.6) is 0 Å². The highest BCUT2D eigenvalue weighted by atomic mass is 19.1. The van der Waals surface area contributed by atoms with E-state index < -0.39 is 0 Å². The summed E-state index contributed by atoms with van der Waals surface area (Å²) < 4.78 is 13.7. The maximum Gasteiger partial charge on any atom is 0.270 e. The summed E-state index contributed by atoms with van der Waals surface area (Å²) in [6.07, 6.45) is 0.416. The van der Waals surface area contributed by atoms with Crippen molar-refractivity contribution in [3.05, 3.63) is 83.6 Å². The van der Waals surface area contributed by atoms with Gasteiger partial charge in [-0.1, -0.05) is 36.4 Å². The number of halogens is 1. The van der Waals surface area contributed by atoms with Gasteiger partial charge in [0.25, 0.3) is 5.91 Å². The molecule has 3 aromatic rings. The summed E-state index contributed by atoms with van der Waals surface area (Å²) in [5.74, 6) is 0.568. The third kappa shape index (κ3) is 4.67. The van der Waals surface area contributed by atoms with Gasteiger partial charge in [0.15, 0.2) is 0 Å². The highest BCUT2D eigenvalue weighted by Gasteiger charge is 2.13. The monoisotopic (exact) mass is 364 g/mol.